The van der Waals surface area contributed by atoms with Crippen molar-refractivity contribution >= 4 is 11.8 Å². The quantitative estimate of drug-likeness (QED) is 0.901. The Morgan fingerprint density at radius 3 is 2.59 bits per heavy atom. The average molecular weight is 296 g/mol. The SMILES string of the molecule is N#Cc1c(-c2ccc(CC(=O)O)cc2)nn(C2CCC2)c1N. The van der Waals surface area contributed by atoms with Crippen LogP contribution in [0.1, 0.15) is 36.4 Å². The van der Waals surface area contributed by atoms with Gasteiger partial charge < -0.3 is 10.8 Å². The van der Waals surface area contributed by atoms with Gasteiger partial charge in [0.25, 0.3) is 0 Å². The summed E-state index contributed by atoms with van der Waals surface area (Å²) in [4.78, 5) is 10.7. The standard InChI is InChI=1S/C16H16N4O2/c17-9-13-15(19-20(16(13)18)12-2-1-3-12)11-6-4-10(5-7-11)8-14(21)22/h4-7,12H,1-3,8,18H2,(H,21,22). The Morgan fingerprint density at radius 2 is 2.09 bits per heavy atom. The van der Waals surface area contributed by atoms with Crippen molar-refractivity contribution in [1.29, 1.82) is 5.26 Å². The Kier molecular flexibility index (Phi) is 3.55. The van der Waals surface area contributed by atoms with E-state index in [-0.39, 0.29) is 12.5 Å². The number of carboxylic acids is 1. The van der Waals surface area contributed by atoms with E-state index in [2.05, 4.69) is 11.2 Å². The van der Waals surface area contributed by atoms with Crippen LogP contribution in [-0.4, -0.2) is 20.9 Å². The summed E-state index contributed by atoms with van der Waals surface area (Å²) in [6, 6.07) is 9.46. The van der Waals surface area contributed by atoms with Crippen molar-refractivity contribution in [2.45, 2.75) is 31.7 Å². The molecule has 0 amide bonds. The van der Waals surface area contributed by atoms with Gasteiger partial charge in [0.1, 0.15) is 23.1 Å². The first-order valence-electron chi connectivity index (χ1n) is 7.19. The van der Waals surface area contributed by atoms with E-state index in [4.69, 9.17) is 10.8 Å². The maximum Gasteiger partial charge on any atom is 0.307 e. The van der Waals surface area contributed by atoms with Gasteiger partial charge in [0.15, 0.2) is 0 Å². The molecule has 0 radical (unpaired) electrons. The molecule has 3 rings (SSSR count). The molecule has 1 aromatic carbocycles. The number of aromatic nitrogens is 2. The first-order chi connectivity index (χ1) is 10.6. The minimum absolute atomic E-state index is 0.0238. The van der Waals surface area contributed by atoms with Gasteiger partial charge in [-0.25, -0.2) is 4.68 Å². The lowest BCUT2D eigenvalue weighted by Gasteiger charge is -2.26. The van der Waals surface area contributed by atoms with Gasteiger partial charge in [-0.15, -0.1) is 0 Å². The number of carboxylic acid groups (broad SMARTS) is 1. The molecule has 1 saturated carbocycles. The van der Waals surface area contributed by atoms with Crippen molar-refractivity contribution in [3.8, 4) is 17.3 Å². The first-order valence-corrected chi connectivity index (χ1v) is 7.19. The number of nitrogens with two attached hydrogens (primary N) is 1. The number of hydrogen-bond donors (Lipinski definition) is 2. The van der Waals surface area contributed by atoms with E-state index in [1.165, 1.54) is 0 Å². The number of hydrogen-bond acceptors (Lipinski definition) is 4. The summed E-state index contributed by atoms with van der Waals surface area (Å²) in [6.45, 7) is 0. The largest absolute Gasteiger partial charge is 0.481 e. The third-order valence-electron chi connectivity index (χ3n) is 4.06. The zero-order valence-corrected chi connectivity index (χ0v) is 12.0. The van der Waals surface area contributed by atoms with E-state index < -0.39 is 5.97 Å². The van der Waals surface area contributed by atoms with E-state index in [0.29, 0.717) is 22.6 Å². The maximum absolute atomic E-state index is 10.7. The number of anilines is 1. The smallest absolute Gasteiger partial charge is 0.307 e. The zero-order chi connectivity index (χ0) is 15.7. The molecule has 0 aliphatic heterocycles. The first kappa shape index (κ1) is 14.1. The van der Waals surface area contributed by atoms with Crippen LogP contribution in [0.15, 0.2) is 24.3 Å². The number of benzene rings is 1. The van der Waals surface area contributed by atoms with Gasteiger partial charge in [-0.05, 0) is 24.8 Å². The van der Waals surface area contributed by atoms with Gasteiger partial charge >= 0.3 is 5.97 Å². The maximum atomic E-state index is 10.7. The fraction of sp³-hybridized carbons (Fsp3) is 0.312. The Labute approximate surface area is 127 Å². The molecule has 22 heavy (non-hydrogen) atoms. The highest BCUT2D eigenvalue weighted by atomic mass is 16.4. The Hall–Kier alpha value is -2.81. The van der Waals surface area contributed by atoms with Gasteiger partial charge in [0.05, 0.1) is 12.5 Å². The van der Waals surface area contributed by atoms with Crippen LogP contribution in [0.2, 0.25) is 0 Å². The molecule has 112 valence electrons. The highest BCUT2D eigenvalue weighted by Crippen LogP contribution is 2.36. The molecule has 6 heteroatoms. The van der Waals surface area contributed by atoms with Crippen molar-refractivity contribution in [1.82, 2.24) is 9.78 Å². The van der Waals surface area contributed by atoms with E-state index >= 15 is 0 Å². The lowest BCUT2D eigenvalue weighted by atomic mass is 9.93. The number of nitrogen functional groups attached to an aromatic ring is 1. The normalized spacial score (nSPS) is 14.3. The van der Waals surface area contributed by atoms with Crippen LogP contribution >= 0.6 is 0 Å². The molecule has 3 N–H and O–H groups in total. The van der Waals surface area contributed by atoms with Gasteiger partial charge in [-0.3, -0.25) is 4.79 Å². The van der Waals surface area contributed by atoms with E-state index in [1.807, 2.05) is 0 Å². The van der Waals surface area contributed by atoms with E-state index in [9.17, 15) is 10.1 Å². The predicted octanol–water partition coefficient (Wildman–Crippen LogP) is 2.36. The molecule has 1 aromatic heterocycles. The second-order valence-corrected chi connectivity index (χ2v) is 5.52. The minimum Gasteiger partial charge on any atom is -0.481 e. The van der Waals surface area contributed by atoms with Crippen LogP contribution in [0.3, 0.4) is 0 Å². The van der Waals surface area contributed by atoms with E-state index in [1.54, 1.807) is 28.9 Å². The van der Waals surface area contributed by atoms with Crippen LogP contribution in [0.4, 0.5) is 5.82 Å². The summed E-state index contributed by atoms with van der Waals surface area (Å²) < 4.78 is 1.75. The number of nitriles is 1. The van der Waals surface area contributed by atoms with Gasteiger partial charge in [0, 0.05) is 5.56 Å². The summed E-state index contributed by atoms with van der Waals surface area (Å²) in [5, 5.41) is 22.7. The summed E-state index contributed by atoms with van der Waals surface area (Å²) in [5.41, 5.74) is 8.49. The summed E-state index contributed by atoms with van der Waals surface area (Å²) in [7, 11) is 0. The molecule has 1 fully saturated rings. The molecule has 0 spiro atoms. The number of carbonyl (C=O) groups is 1. The molecule has 1 heterocycles. The fourth-order valence-corrected chi connectivity index (χ4v) is 2.62. The van der Waals surface area contributed by atoms with E-state index in [0.717, 1.165) is 24.8 Å². The third kappa shape index (κ3) is 2.42. The minimum atomic E-state index is -0.871. The van der Waals surface area contributed by atoms with Crippen LogP contribution in [-0.2, 0) is 11.2 Å². The molecule has 0 bridgehead atoms. The topological polar surface area (TPSA) is 105 Å². The molecule has 0 saturated heterocycles. The Morgan fingerprint density at radius 1 is 1.41 bits per heavy atom. The highest BCUT2D eigenvalue weighted by molar-refractivity contribution is 5.74. The molecular weight excluding hydrogens is 280 g/mol. The van der Waals surface area contributed by atoms with Gasteiger partial charge in [0.2, 0.25) is 0 Å². The monoisotopic (exact) mass is 296 g/mol. The summed E-state index contributed by atoms with van der Waals surface area (Å²) >= 11 is 0. The highest BCUT2D eigenvalue weighted by Gasteiger charge is 2.26. The van der Waals surface area contributed by atoms with Crippen molar-refractivity contribution in [3.63, 3.8) is 0 Å². The second kappa shape index (κ2) is 5.53. The molecule has 0 unspecified atom stereocenters. The molecule has 2 aromatic rings. The Bertz CT molecular complexity index is 752. The second-order valence-electron chi connectivity index (χ2n) is 5.52. The lowest BCUT2D eigenvalue weighted by Crippen LogP contribution is -2.19. The predicted molar refractivity (Wildman–Crippen MR) is 81.0 cm³/mol. The fourth-order valence-electron chi connectivity index (χ4n) is 2.62. The van der Waals surface area contributed by atoms with Crippen molar-refractivity contribution in [2.75, 3.05) is 5.73 Å². The summed E-state index contributed by atoms with van der Waals surface area (Å²) in [6.07, 6.45) is 3.20. The summed E-state index contributed by atoms with van der Waals surface area (Å²) in [5.74, 6) is -0.458. The third-order valence-corrected chi connectivity index (χ3v) is 4.06. The van der Waals surface area contributed by atoms with Crippen molar-refractivity contribution in [3.05, 3.63) is 35.4 Å². The number of aliphatic carboxylic acids is 1. The molecule has 1 aliphatic rings. The molecule has 6 nitrogen and oxygen atoms in total. The molecule has 1 aliphatic carbocycles. The van der Waals surface area contributed by atoms with Crippen molar-refractivity contribution in [2.24, 2.45) is 0 Å². The molecule has 0 atom stereocenters. The van der Waals surface area contributed by atoms with Crippen LogP contribution in [0.25, 0.3) is 11.3 Å². The zero-order valence-electron chi connectivity index (χ0n) is 12.0. The number of rotatable bonds is 4. The lowest BCUT2D eigenvalue weighted by molar-refractivity contribution is -0.136. The molecular formula is C16H16N4O2. The van der Waals surface area contributed by atoms with Crippen LogP contribution in [0, 0.1) is 11.3 Å². The van der Waals surface area contributed by atoms with Gasteiger partial charge in [-0.1, -0.05) is 24.3 Å². The van der Waals surface area contributed by atoms with Crippen molar-refractivity contribution < 1.29 is 9.90 Å². The number of nitrogens with zero attached hydrogens (tertiary/aromatic N) is 3. The van der Waals surface area contributed by atoms with Gasteiger partial charge in [-0.2, -0.15) is 10.4 Å². The average Bonchev–Trinajstić information content (AvgIpc) is 2.74. The Balaban J connectivity index is 1.97. The van der Waals surface area contributed by atoms with Crippen LogP contribution < -0.4 is 5.73 Å². The van der Waals surface area contributed by atoms with Crippen LogP contribution in [0.5, 0.6) is 0 Å².